The van der Waals surface area contributed by atoms with E-state index in [1.807, 2.05) is 0 Å². The number of aryl methyl sites for hydroxylation is 1. The highest BCUT2D eigenvalue weighted by molar-refractivity contribution is 6.02. The first-order valence-electron chi connectivity index (χ1n) is 17.3. The van der Waals surface area contributed by atoms with Gasteiger partial charge in [0.2, 0.25) is 0 Å². The zero-order valence-corrected chi connectivity index (χ0v) is 27.4. The Kier molecular flexibility index (Phi) is 6.63. The summed E-state index contributed by atoms with van der Waals surface area (Å²) in [5.74, 6) is 1.03. The van der Waals surface area contributed by atoms with Crippen molar-refractivity contribution in [2.45, 2.75) is 12.8 Å². The SMILES string of the molecule is C1=Cc2c(oc3cc4cc(N(c5ccc(-c6ccc7ccccc7c6)cc5)c5ccccc5-c5cccc6ccccc56)ccc4nc23)CC1. The minimum atomic E-state index is 0.841. The average Bonchev–Trinajstić information content (AvgIpc) is 3.54. The summed E-state index contributed by atoms with van der Waals surface area (Å²) < 4.78 is 6.34. The molecule has 0 aliphatic heterocycles. The zero-order chi connectivity index (χ0) is 33.0. The van der Waals surface area contributed by atoms with Gasteiger partial charge in [-0.15, -0.1) is 0 Å². The Morgan fingerprint density at radius 3 is 2.20 bits per heavy atom. The smallest absolute Gasteiger partial charge is 0.154 e. The molecule has 0 bridgehead atoms. The Bertz CT molecular complexity index is 2770. The summed E-state index contributed by atoms with van der Waals surface area (Å²) in [6, 6.07) is 56.8. The number of aromatic nitrogens is 1. The number of pyridine rings is 1. The van der Waals surface area contributed by atoms with Crippen LogP contribution in [0.5, 0.6) is 0 Å². The highest BCUT2D eigenvalue weighted by Crippen LogP contribution is 2.44. The van der Waals surface area contributed by atoms with Crippen LogP contribution in [0.1, 0.15) is 17.7 Å². The fraction of sp³-hybridized carbons (Fsp3) is 0.0426. The van der Waals surface area contributed by atoms with Crippen molar-refractivity contribution in [2.75, 3.05) is 4.90 Å². The van der Waals surface area contributed by atoms with Crippen molar-refractivity contribution in [3.63, 3.8) is 0 Å². The molecule has 9 aromatic rings. The Labute approximate surface area is 290 Å². The first-order valence-corrected chi connectivity index (χ1v) is 17.3. The summed E-state index contributed by atoms with van der Waals surface area (Å²) in [6.45, 7) is 0. The molecule has 0 saturated carbocycles. The third-order valence-electron chi connectivity index (χ3n) is 10.1. The number of anilines is 3. The molecule has 0 atom stereocenters. The number of para-hydroxylation sites is 1. The average molecular weight is 641 g/mol. The summed E-state index contributed by atoms with van der Waals surface area (Å²) in [6.07, 6.45) is 6.28. The molecule has 50 heavy (non-hydrogen) atoms. The molecule has 3 heteroatoms. The van der Waals surface area contributed by atoms with Crippen LogP contribution in [0.2, 0.25) is 0 Å². The molecule has 3 nitrogen and oxygen atoms in total. The number of allylic oxidation sites excluding steroid dienone is 1. The lowest BCUT2D eigenvalue weighted by Gasteiger charge is -2.28. The van der Waals surface area contributed by atoms with Crippen LogP contribution in [0.4, 0.5) is 17.1 Å². The molecular weight excluding hydrogens is 609 g/mol. The maximum atomic E-state index is 6.34. The normalized spacial score (nSPS) is 12.6. The van der Waals surface area contributed by atoms with E-state index in [0.717, 1.165) is 63.2 Å². The van der Waals surface area contributed by atoms with Gasteiger partial charge in [-0.1, -0.05) is 121 Å². The lowest BCUT2D eigenvalue weighted by Crippen LogP contribution is -2.11. The molecule has 0 saturated heterocycles. The molecule has 7 aromatic carbocycles. The van der Waals surface area contributed by atoms with Crippen molar-refractivity contribution in [1.29, 1.82) is 0 Å². The molecule has 0 unspecified atom stereocenters. The van der Waals surface area contributed by atoms with Crippen LogP contribution in [-0.4, -0.2) is 4.98 Å². The third-order valence-corrected chi connectivity index (χ3v) is 10.1. The van der Waals surface area contributed by atoms with Gasteiger partial charge in [-0.2, -0.15) is 0 Å². The molecule has 1 aliphatic carbocycles. The van der Waals surface area contributed by atoms with E-state index in [9.17, 15) is 0 Å². The van der Waals surface area contributed by atoms with Crippen LogP contribution in [-0.2, 0) is 6.42 Å². The number of furan rings is 1. The van der Waals surface area contributed by atoms with Crippen molar-refractivity contribution in [2.24, 2.45) is 0 Å². The van der Waals surface area contributed by atoms with Gasteiger partial charge in [-0.3, -0.25) is 0 Å². The molecular formula is C47H32N2O. The van der Waals surface area contributed by atoms with Crippen molar-refractivity contribution in [3.05, 3.63) is 175 Å². The summed E-state index contributed by atoms with van der Waals surface area (Å²) in [4.78, 5) is 7.48. The molecule has 1 aliphatic rings. The zero-order valence-electron chi connectivity index (χ0n) is 27.4. The largest absolute Gasteiger partial charge is 0.459 e. The van der Waals surface area contributed by atoms with E-state index < -0.39 is 0 Å². The fourth-order valence-electron chi connectivity index (χ4n) is 7.60. The second-order valence-electron chi connectivity index (χ2n) is 13.1. The van der Waals surface area contributed by atoms with E-state index in [0.29, 0.717) is 0 Å². The van der Waals surface area contributed by atoms with Crippen LogP contribution in [0.25, 0.3) is 71.9 Å². The monoisotopic (exact) mass is 640 g/mol. The molecule has 0 spiro atoms. The summed E-state index contributed by atoms with van der Waals surface area (Å²) in [5, 5.41) is 5.99. The molecule has 2 aromatic heterocycles. The lowest BCUT2D eigenvalue weighted by atomic mass is 9.96. The van der Waals surface area contributed by atoms with Gasteiger partial charge < -0.3 is 9.32 Å². The molecule has 0 amide bonds. The number of hydrogen-bond acceptors (Lipinski definition) is 3. The minimum Gasteiger partial charge on any atom is -0.459 e. The molecule has 0 radical (unpaired) electrons. The van der Waals surface area contributed by atoms with E-state index in [1.165, 1.54) is 43.8 Å². The van der Waals surface area contributed by atoms with Crippen LogP contribution in [0.3, 0.4) is 0 Å². The molecule has 0 N–H and O–H groups in total. The molecule has 0 fully saturated rings. The van der Waals surface area contributed by atoms with E-state index in [1.54, 1.807) is 0 Å². The lowest BCUT2D eigenvalue weighted by molar-refractivity contribution is 0.546. The predicted molar refractivity (Wildman–Crippen MR) is 209 cm³/mol. The maximum Gasteiger partial charge on any atom is 0.154 e. The molecule has 2 heterocycles. The van der Waals surface area contributed by atoms with E-state index >= 15 is 0 Å². The number of nitrogens with zero attached hydrogens (tertiary/aromatic N) is 2. The molecule has 236 valence electrons. The highest BCUT2D eigenvalue weighted by atomic mass is 16.3. The Morgan fingerprint density at radius 2 is 1.28 bits per heavy atom. The van der Waals surface area contributed by atoms with E-state index in [-0.39, 0.29) is 0 Å². The quantitative estimate of drug-likeness (QED) is 0.187. The Balaban J connectivity index is 1.15. The van der Waals surface area contributed by atoms with E-state index in [4.69, 9.17) is 9.40 Å². The van der Waals surface area contributed by atoms with Gasteiger partial charge >= 0.3 is 0 Å². The van der Waals surface area contributed by atoms with E-state index in [2.05, 4.69) is 175 Å². The highest BCUT2D eigenvalue weighted by Gasteiger charge is 2.21. The maximum absolute atomic E-state index is 6.34. The van der Waals surface area contributed by atoms with Crippen LogP contribution in [0, 0.1) is 0 Å². The first-order chi connectivity index (χ1) is 24.8. The van der Waals surface area contributed by atoms with Crippen molar-refractivity contribution >= 4 is 66.7 Å². The van der Waals surface area contributed by atoms with Gasteiger partial charge in [0, 0.05) is 34.3 Å². The minimum absolute atomic E-state index is 0.841. The number of rotatable bonds is 5. The van der Waals surface area contributed by atoms with Gasteiger partial charge in [0.05, 0.1) is 11.2 Å². The third kappa shape index (κ3) is 4.78. The summed E-state index contributed by atoms with van der Waals surface area (Å²) in [7, 11) is 0. The fourth-order valence-corrected chi connectivity index (χ4v) is 7.60. The second-order valence-corrected chi connectivity index (χ2v) is 13.1. The summed E-state index contributed by atoms with van der Waals surface area (Å²) >= 11 is 0. The van der Waals surface area contributed by atoms with Crippen LogP contribution in [0.15, 0.2) is 168 Å². The van der Waals surface area contributed by atoms with Crippen molar-refractivity contribution < 1.29 is 4.42 Å². The Hall–Kier alpha value is -6.45. The topological polar surface area (TPSA) is 29.3 Å². The number of fused-ring (bicyclic) bond motifs is 6. The first kappa shape index (κ1) is 28.6. The number of benzene rings is 7. The van der Waals surface area contributed by atoms with Crippen LogP contribution >= 0.6 is 0 Å². The standard InChI is InChI=1S/C47H32N2O/c1-2-12-34-28-35(21-20-31(34)10-1)32-22-24-37(25-23-32)49(44-18-7-5-15-41(44)40-17-9-13-33-11-3-4-14-39(33)40)38-26-27-43-36(29-38)30-46-47(48-43)42-16-6-8-19-45(42)50-46/h1-7,9-18,20-30H,8,19H2. The number of hydrogen-bond donors (Lipinski definition) is 0. The summed E-state index contributed by atoms with van der Waals surface area (Å²) in [5.41, 5.74) is 11.9. The van der Waals surface area contributed by atoms with Gasteiger partial charge in [0.15, 0.2) is 5.58 Å². The van der Waals surface area contributed by atoms with Crippen molar-refractivity contribution in [1.82, 2.24) is 4.98 Å². The molecule has 10 rings (SSSR count). The van der Waals surface area contributed by atoms with Gasteiger partial charge in [-0.25, -0.2) is 4.98 Å². The van der Waals surface area contributed by atoms with Gasteiger partial charge in [0.25, 0.3) is 0 Å². The van der Waals surface area contributed by atoms with Gasteiger partial charge in [0.1, 0.15) is 11.3 Å². The second kappa shape index (κ2) is 11.6. The van der Waals surface area contributed by atoms with Gasteiger partial charge in [-0.05, 0) is 93.2 Å². The Morgan fingerprint density at radius 1 is 0.540 bits per heavy atom. The van der Waals surface area contributed by atoms with Crippen LogP contribution < -0.4 is 4.90 Å². The predicted octanol–water partition coefficient (Wildman–Crippen LogP) is 13.1. The van der Waals surface area contributed by atoms with Crippen molar-refractivity contribution in [3.8, 4) is 22.3 Å².